The molecule has 0 aliphatic carbocycles. The molecular weight excluding hydrogens is 222 g/mol. The standard InChI is InChI=1S/C12H15NO4/c1-17-7-6-11(14)13-10-4-2-9(3-5-10)8-12(15)16/h2-5H,6-8H2,1H3,(H,13,14)(H,15,16). The number of carboxylic acids is 1. The van der Waals surface area contributed by atoms with Gasteiger partial charge in [-0.05, 0) is 17.7 Å². The molecule has 0 atom stereocenters. The molecule has 92 valence electrons. The molecular formula is C12H15NO4. The van der Waals surface area contributed by atoms with Crippen LogP contribution < -0.4 is 5.32 Å². The first-order valence-electron chi connectivity index (χ1n) is 5.21. The molecule has 5 heteroatoms. The van der Waals surface area contributed by atoms with Crippen LogP contribution in [0.15, 0.2) is 24.3 Å². The minimum Gasteiger partial charge on any atom is -0.481 e. The summed E-state index contributed by atoms with van der Waals surface area (Å²) < 4.78 is 4.79. The number of ether oxygens (including phenoxy) is 1. The molecule has 0 heterocycles. The Hall–Kier alpha value is -1.88. The molecule has 0 bridgehead atoms. The number of nitrogens with one attached hydrogen (secondary N) is 1. The molecule has 1 aromatic rings. The van der Waals surface area contributed by atoms with Gasteiger partial charge in [0.1, 0.15) is 0 Å². The maximum absolute atomic E-state index is 11.3. The highest BCUT2D eigenvalue weighted by atomic mass is 16.5. The molecule has 1 aromatic carbocycles. The molecule has 0 saturated heterocycles. The predicted octanol–water partition coefficient (Wildman–Crippen LogP) is 1.29. The van der Waals surface area contributed by atoms with Crippen molar-refractivity contribution in [3.63, 3.8) is 0 Å². The van der Waals surface area contributed by atoms with Crippen molar-refractivity contribution in [2.24, 2.45) is 0 Å². The van der Waals surface area contributed by atoms with Crippen LogP contribution in [0.2, 0.25) is 0 Å². The zero-order chi connectivity index (χ0) is 12.7. The lowest BCUT2D eigenvalue weighted by atomic mass is 10.1. The SMILES string of the molecule is COCCC(=O)Nc1ccc(CC(=O)O)cc1. The largest absolute Gasteiger partial charge is 0.481 e. The van der Waals surface area contributed by atoms with Crippen LogP contribution in [0.3, 0.4) is 0 Å². The molecule has 0 aromatic heterocycles. The van der Waals surface area contributed by atoms with Crippen LogP contribution in [0.5, 0.6) is 0 Å². The highest BCUT2D eigenvalue weighted by Gasteiger charge is 2.03. The third kappa shape index (κ3) is 5.12. The number of aliphatic carboxylic acids is 1. The molecule has 0 fully saturated rings. The average molecular weight is 237 g/mol. The second-order valence-corrected chi connectivity index (χ2v) is 3.56. The van der Waals surface area contributed by atoms with E-state index in [1.807, 2.05) is 0 Å². The fraction of sp³-hybridized carbons (Fsp3) is 0.333. The molecule has 1 amide bonds. The zero-order valence-electron chi connectivity index (χ0n) is 9.60. The number of hydrogen-bond donors (Lipinski definition) is 2. The average Bonchev–Trinajstić information content (AvgIpc) is 2.28. The summed E-state index contributed by atoms with van der Waals surface area (Å²) in [6.07, 6.45) is 0.283. The first kappa shape index (κ1) is 13.2. The number of carbonyl (C=O) groups is 2. The molecule has 17 heavy (non-hydrogen) atoms. The molecule has 0 saturated carbocycles. The summed E-state index contributed by atoms with van der Waals surface area (Å²) in [5, 5.41) is 11.3. The monoisotopic (exact) mass is 237 g/mol. The van der Waals surface area contributed by atoms with Gasteiger partial charge in [0.05, 0.1) is 19.4 Å². The van der Waals surface area contributed by atoms with Gasteiger partial charge in [-0.2, -0.15) is 0 Å². The highest BCUT2D eigenvalue weighted by molar-refractivity contribution is 5.90. The van der Waals surface area contributed by atoms with Crippen LogP contribution in [0, 0.1) is 0 Å². The van der Waals surface area contributed by atoms with E-state index in [1.165, 1.54) is 7.11 Å². The normalized spacial score (nSPS) is 9.94. The van der Waals surface area contributed by atoms with E-state index in [0.29, 0.717) is 24.3 Å². The van der Waals surface area contributed by atoms with Gasteiger partial charge in [-0.3, -0.25) is 9.59 Å². The molecule has 0 spiro atoms. The lowest BCUT2D eigenvalue weighted by Crippen LogP contribution is -2.13. The summed E-state index contributed by atoms with van der Waals surface area (Å²) in [6.45, 7) is 0.378. The van der Waals surface area contributed by atoms with E-state index >= 15 is 0 Å². The summed E-state index contributed by atoms with van der Waals surface area (Å²) >= 11 is 0. The second-order valence-electron chi connectivity index (χ2n) is 3.56. The Morgan fingerprint density at radius 1 is 1.29 bits per heavy atom. The fourth-order valence-electron chi connectivity index (χ4n) is 1.30. The van der Waals surface area contributed by atoms with Gasteiger partial charge in [-0.1, -0.05) is 12.1 Å². The van der Waals surface area contributed by atoms with E-state index in [-0.39, 0.29) is 12.3 Å². The summed E-state index contributed by atoms with van der Waals surface area (Å²) in [7, 11) is 1.54. The third-order valence-electron chi connectivity index (χ3n) is 2.13. The Labute approximate surface area is 99.4 Å². The Balaban J connectivity index is 2.50. The van der Waals surface area contributed by atoms with Gasteiger partial charge in [0.15, 0.2) is 0 Å². The van der Waals surface area contributed by atoms with Crippen molar-refractivity contribution in [2.75, 3.05) is 19.0 Å². The van der Waals surface area contributed by atoms with E-state index < -0.39 is 5.97 Å². The minimum absolute atomic E-state index is 0.0160. The number of amides is 1. The lowest BCUT2D eigenvalue weighted by molar-refractivity contribution is -0.136. The molecule has 0 unspecified atom stereocenters. The Kier molecular flexibility index (Phi) is 5.16. The number of methoxy groups -OCH3 is 1. The van der Waals surface area contributed by atoms with E-state index in [2.05, 4.69) is 5.32 Å². The highest BCUT2D eigenvalue weighted by Crippen LogP contribution is 2.10. The number of carbonyl (C=O) groups excluding carboxylic acids is 1. The van der Waals surface area contributed by atoms with E-state index in [1.54, 1.807) is 24.3 Å². The van der Waals surface area contributed by atoms with Crippen molar-refractivity contribution < 1.29 is 19.4 Å². The number of rotatable bonds is 6. The number of carboxylic acid groups (broad SMARTS) is 1. The van der Waals surface area contributed by atoms with Gasteiger partial charge >= 0.3 is 5.97 Å². The van der Waals surface area contributed by atoms with E-state index in [4.69, 9.17) is 9.84 Å². The Morgan fingerprint density at radius 2 is 1.94 bits per heavy atom. The lowest BCUT2D eigenvalue weighted by Gasteiger charge is -2.05. The molecule has 0 aliphatic heterocycles. The molecule has 5 nitrogen and oxygen atoms in total. The summed E-state index contributed by atoms with van der Waals surface area (Å²) in [4.78, 5) is 21.8. The topological polar surface area (TPSA) is 75.6 Å². The predicted molar refractivity (Wildman–Crippen MR) is 62.9 cm³/mol. The van der Waals surface area contributed by atoms with Crippen molar-refractivity contribution in [1.29, 1.82) is 0 Å². The Morgan fingerprint density at radius 3 is 2.47 bits per heavy atom. The third-order valence-corrected chi connectivity index (χ3v) is 2.13. The maximum atomic E-state index is 11.3. The van der Waals surface area contributed by atoms with Crippen molar-refractivity contribution in [2.45, 2.75) is 12.8 Å². The number of benzene rings is 1. The summed E-state index contributed by atoms with van der Waals surface area (Å²) in [6, 6.07) is 6.73. The number of anilines is 1. The number of hydrogen-bond acceptors (Lipinski definition) is 3. The van der Waals surface area contributed by atoms with Crippen LogP contribution in [0.1, 0.15) is 12.0 Å². The van der Waals surface area contributed by atoms with Crippen LogP contribution in [-0.4, -0.2) is 30.7 Å². The van der Waals surface area contributed by atoms with E-state index in [0.717, 1.165) is 0 Å². The van der Waals surface area contributed by atoms with Gasteiger partial charge in [-0.25, -0.2) is 0 Å². The summed E-state index contributed by atoms with van der Waals surface area (Å²) in [5.74, 6) is -1.00. The smallest absolute Gasteiger partial charge is 0.307 e. The molecule has 2 N–H and O–H groups in total. The maximum Gasteiger partial charge on any atom is 0.307 e. The van der Waals surface area contributed by atoms with Crippen LogP contribution >= 0.6 is 0 Å². The first-order valence-corrected chi connectivity index (χ1v) is 5.21. The summed E-state index contributed by atoms with van der Waals surface area (Å²) in [5.41, 5.74) is 1.35. The second kappa shape index (κ2) is 6.65. The van der Waals surface area contributed by atoms with Crippen molar-refractivity contribution >= 4 is 17.6 Å². The van der Waals surface area contributed by atoms with Gasteiger partial charge < -0.3 is 15.2 Å². The molecule has 0 aliphatic rings. The molecule has 1 rings (SSSR count). The van der Waals surface area contributed by atoms with Gasteiger partial charge in [0.2, 0.25) is 5.91 Å². The van der Waals surface area contributed by atoms with Gasteiger partial charge in [-0.15, -0.1) is 0 Å². The van der Waals surface area contributed by atoms with Crippen LogP contribution in [-0.2, 0) is 20.7 Å². The quantitative estimate of drug-likeness (QED) is 0.781. The van der Waals surface area contributed by atoms with Crippen LogP contribution in [0.25, 0.3) is 0 Å². The van der Waals surface area contributed by atoms with Crippen molar-refractivity contribution in [3.8, 4) is 0 Å². The van der Waals surface area contributed by atoms with Crippen LogP contribution in [0.4, 0.5) is 5.69 Å². The van der Waals surface area contributed by atoms with Gasteiger partial charge in [0.25, 0.3) is 0 Å². The van der Waals surface area contributed by atoms with Gasteiger partial charge in [0, 0.05) is 12.8 Å². The first-order chi connectivity index (χ1) is 8.11. The van der Waals surface area contributed by atoms with Crippen molar-refractivity contribution in [3.05, 3.63) is 29.8 Å². The Bertz CT molecular complexity index is 386. The fourth-order valence-corrected chi connectivity index (χ4v) is 1.30. The molecule has 0 radical (unpaired) electrons. The minimum atomic E-state index is -0.873. The van der Waals surface area contributed by atoms with Crippen molar-refractivity contribution in [1.82, 2.24) is 0 Å². The van der Waals surface area contributed by atoms with E-state index in [9.17, 15) is 9.59 Å². The zero-order valence-corrected chi connectivity index (χ0v) is 9.60.